The zero-order chi connectivity index (χ0) is 17.7. The molecule has 1 fully saturated rings. The highest BCUT2D eigenvalue weighted by atomic mass is 16.5. The average Bonchev–Trinajstić information content (AvgIpc) is 2.61. The minimum absolute atomic E-state index is 0.126. The lowest BCUT2D eigenvalue weighted by Crippen LogP contribution is -2.35. The van der Waals surface area contributed by atoms with Crippen LogP contribution in [0.1, 0.15) is 40.5 Å². The van der Waals surface area contributed by atoms with E-state index in [0.717, 1.165) is 25.1 Å². The lowest BCUT2D eigenvalue weighted by molar-refractivity contribution is 0.159. The summed E-state index contributed by atoms with van der Waals surface area (Å²) in [4.78, 5) is 2.47. The first-order valence-corrected chi connectivity index (χ1v) is 8.09. The summed E-state index contributed by atoms with van der Waals surface area (Å²) >= 11 is 0. The molecule has 0 saturated carbocycles. The zero-order valence-corrected chi connectivity index (χ0v) is 12.9. The number of ether oxygens (including phenoxy) is 1. The van der Waals surface area contributed by atoms with Gasteiger partial charge >= 0.3 is 0 Å². The molecule has 1 saturated heterocycles. The number of hydrogen-bond donors (Lipinski definition) is 0. The zero-order valence-electron chi connectivity index (χ0n) is 15.9. The second-order valence-corrected chi connectivity index (χ2v) is 5.94. The minimum Gasteiger partial charge on any atom is -0.496 e. The number of likely N-dealkylation sites (tertiary alicyclic amines) is 1. The quantitative estimate of drug-likeness (QED) is 0.808. The van der Waals surface area contributed by atoms with Gasteiger partial charge in [0, 0.05) is 11.6 Å². The molecule has 1 atom stereocenters. The molecule has 0 aromatic heterocycles. The largest absolute Gasteiger partial charge is 0.496 e. The van der Waals surface area contributed by atoms with Crippen molar-refractivity contribution < 1.29 is 8.85 Å². The van der Waals surface area contributed by atoms with E-state index in [-0.39, 0.29) is 6.04 Å². The Labute approximate surface area is 137 Å². The molecule has 0 amide bonds. The van der Waals surface area contributed by atoms with E-state index in [2.05, 4.69) is 17.0 Å². The number of methoxy groups -OCH3 is 1. The van der Waals surface area contributed by atoms with Crippen LogP contribution in [0.15, 0.2) is 54.6 Å². The van der Waals surface area contributed by atoms with E-state index in [4.69, 9.17) is 8.85 Å². The first-order valence-electron chi connectivity index (χ1n) is 9.59. The van der Waals surface area contributed by atoms with Crippen molar-refractivity contribution in [3.8, 4) is 5.75 Å². The molecule has 0 radical (unpaired) electrons. The van der Waals surface area contributed by atoms with Crippen molar-refractivity contribution in [2.45, 2.75) is 31.7 Å². The number of nitrogens with zero attached hydrogens (tertiary/aromatic N) is 1. The van der Waals surface area contributed by atoms with E-state index in [1.807, 2.05) is 36.4 Å². The second kappa shape index (κ2) is 7.46. The van der Waals surface area contributed by atoms with Crippen LogP contribution in [-0.4, -0.2) is 25.0 Å². The van der Waals surface area contributed by atoms with Crippen molar-refractivity contribution in [1.82, 2.24) is 4.90 Å². The van der Waals surface area contributed by atoms with Crippen molar-refractivity contribution in [3.63, 3.8) is 0 Å². The van der Waals surface area contributed by atoms with Crippen LogP contribution in [-0.2, 0) is 6.42 Å². The number of rotatable bonds is 5. The monoisotopic (exact) mass is 298 g/mol. The maximum absolute atomic E-state index is 7.47. The first kappa shape index (κ1) is 11.7. The molecule has 3 rings (SSSR count). The third-order valence-electron chi connectivity index (χ3n) is 4.49. The molecular formula is C20H25NO. The Balaban J connectivity index is 1.93. The number of para-hydroxylation sites is 1. The topological polar surface area (TPSA) is 12.5 Å². The molecule has 2 aromatic rings. The lowest BCUT2D eigenvalue weighted by Gasteiger charge is -2.35. The van der Waals surface area contributed by atoms with Crippen molar-refractivity contribution in [2.75, 3.05) is 20.1 Å². The maximum Gasteiger partial charge on any atom is 0.123 e. The Bertz CT molecular complexity index is 666. The van der Waals surface area contributed by atoms with Gasteiger partial charge in [-0.15, -0.1) is 0 Å². The molecule has 0 spiro atoms. The van der Waals surface area contributed by atoms with Gasteiger partial charge in [-0.1, -0.05) is 55.0 Å². The van der Waals surface area contributed by atoms with Crippen LogP contribution < -0.4 is 4.74 Å². The SMILES string of the molecule is [2H]C([2H])([2H])Oc1ccccc1C(Cc1ccccc1)N1CCCCC1. The van der Waals surface area contributed by atoms with E-state index in [1.165, 1.54) is 24.8 Å². The standard InChI is InChI=1S/C20H25NO/c1-22-20-13-7-6-12-18(20)19(21-14-8-3-9-15-21)16-17-10-4-2-5-11-17/h2,4-7,10-13,19H,3,8-9,14-16H2,1H3/i1D3. The van der Waals surface area contributed by atoms with Gasteiger partial charge in [0.05, 0.1) is 11.2 Å². The van der Waals surface area contributed by atoms with Crippen LogP contribution in [0.3, 0.4) is 0 Å². The van der Waals surface area contributed by atoms with Gasteiger partial charge in [-0.2, -0.15) is 0 Å². The highest BCUT2D eigenvalue weighted by Crippen LogP contribution is 2.33. The summed E-state index contributed by atoms with van der Waals surface area (Å²) in [6.45, 7) is 2.08. The average molecular weight is 298 g/mol. The second-order valence-electron chi connectivity index (χ2n) is 5.94. The third kappa shape index (κ3) is 3.50. The molecule has 2 aromatic carbocycles. The van der Waals surface area contributed by atoms with Gasteiger partial charge in [-0.25, -0.2) is 0 Å². The molecule has 1 aliphatic heterocycles. The van der Waals surface area contributed by atoms with Crippen molar-refractivity contribution >= 4 is 0 Å². The summed E-state index contributed by atoms with van der Waals surface area (Å²) in [5.41, 5.74) is 2.21. The maximum atomic E-state index is 7.47. The Morgan fingerprint density at radius 3 is 2.50 bits per heavy atom. The molecule has 2 heteroatoms. The van der Waals surface area contributed by atoms with Crippen molar-refractivity contribution in [1.29, 1.82) is 0 Å². The van der Waals surface area contributed by atoms with E-state index in [9.17, 15) is 0 Å². The van der Waals surface area contributed by atoms with Crippen molar-refractivity contribution in [2.24, 2.45) is 0 Å². The fourth-order valence-corrected chi connectivity index (χ4v) is 3.35. The van der Waals surface area contributed by atoms with Crippen LogP contribution in [0.4, 0.5) is 0 Å². The normalized spacial score (nSPS) is 19.7. The van der Waals surface area contributed by atoms with E-state index >= 15 is 0 Å². The summed E-state index contributed by atoms with van der Waals surface area (Å²) in [6.07, 6.45) is 4.49. The molecule has 0 bridgehead atoms. The van der Waals surface area contributed by atoms with Crippen LogP contribution in [0.5, 0.6) is 5.75 Å². The number of hydrogen-bond acceptors (Lipinski definition) is 2. The van der Waals surface area contributed by atoms with Crippen molar-refractivity contribution in [3.05, 3.63) is 65.7 Å². The lowest BCUT2D eigenvalue weighted by atomic mass is 9.94. The first-order chi connectivity index (χ1) is 12.0. The van der Waals surface area contributed by atoms with Gasteiger partial charge in [0.15, 0.2) is 0 Å². The number of benzene rings is 2. The van der Waals surface area contributed by atoms with Gasteiger partial charge in [0.25, 0.3) is 0 Å². The highest BCUT2D eigenvalue weighted by molar-refractivity contribution is 5.37. The molecule has 2 nitrogen and oxygen atoms in total. The van der Waals surface area contributed by atoms with Gasteiger partial charge in [0.2, 0.25) is 0 Å². The molecule has 1 aliphatic rings. The molecule has 0 aliphatic carbocycles. The highest BCUT2D eigenvalue weighted by Gasteiger charge is 2.24. The Morgan fingerprint density at radius 1 is 1.00 bits per heavy atom. The van der Waals surface area contributed by atoms with Gasteiger partial charge in [0.1, 0.15) is 5.75 Å². The molecular weight excluding hydrogens is 270 g/mol. The van der Waals surface area contributed by atoms with Gasteiger partial charge in [-0.05, 0) is 44.0 Å². The summed E-state index contributed by atoms with van der Waals surface area (Å²) in [5, 5.41) is 0. The van der Waals surface area contributed by atoms with Crippen LogP contribution >= 0.6 is 0 Å². The fourth-order valence-electron chi connectivity index (χ4n) is 3.35. The van der Waals surface area contributed by atoms with Crippen LogP contribution in [0.25, 0.3) is 0 Å². The third-order valence-corrected chi connectivity index (χ3v) is 4.49. The van der Waals surface area contributed by atoms with E-state index in [1.54, 1.807) is 6.07 Å². The summed E-state index contributed by atoms with van der Waals surface area (Å²) in [7, 11) is -2.44. The molecule has 116 valence electrons. The number of piperidine rings is 1. The van der Waals surface area contributed by atoms with Crippen LogP contribution in [0, 0.1) is 0 Å². The molecule has 0 N–H and O–H groups in total. The predicted molar refractivity (Wildman–Crippen MR) is 91.3 cm³/mol. The predicted octanol–water partition coefficient (Wildman–Crippen LogP) is 4.46. The molecule has 1 unspecified atom stereocenters. The summed E-state index contributed by atoms with van der Waals surface area (Å²) < 4.78 is 27.7. The Morgan fingerprint density at radius 2 is 1.73 bits per heavy atom. The molecule has 1 heterocycles. The van der Waals surface area contributed by atoms with E-state index in [0.29, 0.717) is 5.75 Å². The van der Waals surface area contributed by atoms with Gasteiger partial charge < -0.3 is 4.74 Å². The van der Waals surface area contributed by atoms with Gasteiger partial charge in [-0.3, -0.25) is 4.90 Å². The smallest absolute Gasteiger partial charge is 0.123 e. The summed E-state index contributed by atoms with van der Waals surface area (Å²) in [6, 6.07) is 18.1. The fraction of sp³-hybridized carbons (Fsp3) is 0.400. The molecule has 22 heavy (non-hydrogen) atoms. The Hall–Kier alpha value is -1.80. The summed E-state index contributed by atoms with van der Waals surface area (Å²) in [5.74, 6) is 0.467. The van der Waals surface area contributed by atoms with E-state index < -0.39 is 7.04 Å². The van der Waals surface area contributed by atoms with Crippen LogP contribution in [0.2, 0.25) is 0 Å². The Kier molecular flexibility index (Phi) is 3.98. The minimum atomic E-state index is -2.44.